The van der Waals surface area contributed by atoms with Crippen molar-refractivity contribution >= 4 is 17.4 Å². The molecule has 0 bridgehead atoms. The van der Waals surface area contributed by atoms with Gasteiger partial charge >= 0.3 is 0 Å². The lowest BCUT2D eigenvalue weighted by molar-refractivity contribution is 0.0950. The molecule has 30 heavy (non-hydrogen) atoms. The van der Waals surface area contributed by atoms with Crippen molar-refractivity contribution in [1.82, 2.24) is 30.7 Å². The van der Waals surface area contributed by atoms with Crippen molar-refractivity contribution in [1.29, 1.82) is 0 Å². The first-order chi connectivity index (χ1) is 14.5. The number of nitrogen functional groups attached to an aromatic ring is 1. The molecule has 0 saturated carbocycles. The van der Waals surface area contributed by atoms with E-state index in [0.29, 0.717) is 22.5 Å². The van der Waals surface area contributed by atoms with Crippen LogP contribution in [0.1, 0.15) is 23.0 Å². The van der Waals surface area contributed by atoms with Crippen molar-refractivity contribution in [3.63, 3.8) is 0 Å². The number of hydrazone groups is 1. The molecule has 0 spiro atoms. The Morgan fingerprint density at radius 1 is 1.13 bits per heavy atom. The molecule has 0 aliphatic heterocycles. The van der Waals surface area contributed by atoms with Crippen molar-refractivity contribution in [3.8, 4) is 17.1 Å². The van der Waals surface area contributed by atoms with Gasteiger partial charge in [0.25, 0.3) is 5.91 Å². The summed E-state index contributed by atoms with van der Waals surface area (Å²) in [6.45, 7) is 1.68. The van der Waals surface area contributed by atoms with E-state index in [1.165, 1.54) is 16.8 Å². The zero-order chi connectivity index (χ0) is 21.1. The minimum atomic E-state index is -0.600. The number of rotatable bonds is 5. The molecule has 3 N–H and O–H groups in total. The number of nitrogens with zero attached hydrogens (tertiary/aromatic N) is 6. The van der Waals surface area contributed by atoms with Gasteiger partial charge in [-0.2, -0.15) is 9.78 Å². The highest BCUT2D eigenvalue weighted by atomic mass is 19.1. The first-order valence-corrected chi connectivity index (χ1v) is 8.74. The average molecular weight is 406 g/mol. The number of anilines is 1. The molecule has 4 rings (SSSR count). The van der Waals surface area contributed by atoms with E-state index in [9.17, 15) is 9.18 Å². The maximum absolute atomic E-state index is 13.1. The van der Waals surface area contributed by atoms with Crippen LogP contribution in [-0.2, 0) is 0 Å². The van der Waals surface area contributed by atoms with E-state index >= 15 is 0 Å². The van der Waals surface area contributed by atoms with Gasteiger partial charge in [-0.15, -0.1) is 5.10 Å². The molecule has 1 amide bonds. The molecule has 2 heterocycles. The van der Waals surface area contributed by atoms with E-state index in [2.05, 4.69) is 35.8 Å². The van der Waals surface area contributed by atoms with Gasteiger partial charge in [-0.25, -0.2) is 14.4 Å². The summed E-state index contributed by atoms with van der Waals surface area (Å²) in [5, 5.41) is 19.3. The average Bonchev–Trinajstić information content (AvgIpc) is 3.38. The van der Waals surface area contributed by atoms with Crippen LogP contribution in [0.15, 0.2) is 64.3 Å². The third kappa shape index (κ3) is 3.63. The fourth-order valence-corrected chi connectivity index (χ4v) is 2.72. The van der Waals surface area contributed by atoms with Crippen molar-refractivity contribution in [2.24, 2.45) is 5.10 Å². The van der Waals surface area contributed by atoms with Crippen LogP contribution in [0, 0.1) is 5.82 Å². The highest BCUT2D eigenvalue weighted by molar-refractivity contribution is 6.02. The maximum Gasteiger partial charge on any atom is 0.294 e. The van der Waals surface area contributed by atoms with E-state index in [4.69, 9.17) is 5.73 Å². The van der Waals surface area contributed by atoms with E-state index in [1.807, 2.05) is 6.07 Å². The van der Waals surface area contributed by atoms with Gasteiger partial charge in [-0.3, -0.25) is 4.79 Å². The quantitative estimate of drug-likeness (QED) is 0.383. The molecule has 2 aromatic heterocycles. The van der Waals surface area contributed by atoms with Crippen molar-refractivity contribution in [2.45, 2.75) is 6.92 Å². The summed E-state index contributed by atoms with van der Waals surface area (Å²) in [7, 11) is 0. The summed E-state index contributed by atoms with van der Waals surface area (Å²) in [5.41, 5.74) is 10.3. The predicted octanol–water partition coefficient (Wildman–Crippen LogP) is 2.19. The number of hydrogen-bond acceptors (Lipinski definition) is 8. The van der Waals surface area contributed by atoms with Gasteiger partial charge in [0.15, 0.2) is 5.69 Å². The lowest BCUT2D eigenvalue weighted by Crippen LogP contribution is -2.21. The molecule has 0 fully saturated rings. The van der Waals surface area contributed by atoms with E-state index in [-0.39, 0.29) is 23.1 Å². The first kappa shape index (κ1) is 18.9. The molecule has 11 heteroatoms. The number of carbonyl (C=O) groups excluding carboxylic acids is 1. The molecule has 0 radical (unpaired) electrons. The Hall–Kier alpha value is -4.41. The second kappa shape index (κ2) is 7.91. The number of amides is 1. The highest BCUT2D eigenvalue weighted by Crippen LogP contribution is 2.26. The number of carbonyl (C=O) groups is 1. The number of halogens is 1. The standard InChI is InChI=1S/C19H15FN8O2/c1-11(12-7-9-14(20)10-8-12)22-24-19(29)15-16(13-5-3-2-4-6-13)28(27-23-15)18-17(21)25-30-26-18/h2-10H,1H3,(H2,21,25)(H,24,29)/b22-11+. The molecule has 2 aromatic carbocycles. The Morgan fingerprint density at radius 2 is 1.87 bits per heavy atom. The first-order valence-electron chi connectivity index (χ1n) is 8.74. The van der Waals surface area contributed by atoms with Crippen LogP contribution in [0.2, 0.25) is 0 Å². The van der Waals surface area contributed by atoms with Crippen LogP contribution in [0.25, 0.3) is 17.1 Å². The monoisotopic (exact) mass is 406 g/mol. The van der Waals surface area contributed by atoms with Crippen LogP contribution in [0.5, 0.6) is 0 Å². The summed E-state index contributed by atoms with van der Waals surface area (Å²) < 4.78 is 19.0. The summed E-state index contributed by atoms with van der Waals surface area (Å²) in [6, 6.07) is 14.7. The number of hydrogen-bond donors (Lipinski definition) is 2. The predicted molar refractivity (Wildman–Crippen MR) is 105 cm³/mol. The Morgan fingerprint density at radius 3 is 2.53 bits per heavy atom. The lowest BCUT2D eigenvalue weighted by Gasteiger charge is -2.06. The Bertz CT molecular complexity index is 1220. The maximum atomic E-state index is 13.1. The summed E-state index contributed by atoms with van der Waals surface area (Å²) in [5.74, 6) is -0.862. The molecule has 150 valence electrons. The van der Waals surface area contributed by atoms with E-state index in [1.54, 1.807) is 43.3 Å². The topological polar surface area (TPSA) is 137 Å². The zero-order valence-corrected chi connectivity index (χ0v) is 15.7. The molecule has 0 aliphatic rings. The second-order valence-electron chi connectivity index (χ2n) is 6.18. The largest absolute Gasteiger partial charge is 0.378 e. The number of benzene rings is 2. The molecule has 0 saturated heterocycles. The Kier molecular flexibility index (Phi) is 4.99. The fourth-order valence-electron chi connectivity index (χ4n) is 2.72. The highest BCUT2D eigenvalue weighted by Gasteiger charge is 2.25. The van der Waals surface area contributed by atoms with Crippen LogP contribution in [0.3, 0.4) is 0 Å². The van der Waals surface area contributed by atoms with Crippen molar-refractivity contribution in [2.75, 3.05) is 5.73 Å². The number of nitrogens with two attached hydrogens (primary N) is 1. The number of nitrogens with one attached hydrogen (secondary N) is 1. The summed E-state index contributed by atoms with van der Waals surface area (Å²) in [4.78, 5) is 12.8. The fraction of sp³-hybridized carbons (Fsp3) is 0.0526. The molecular formula is C19H15FN8O2. The van der Waals surface area contributed by atoms with Gasteiger partial charge < -0.3 is 5.73 Å². The molecule has 0 atom stereocenters. The summed E-state index contributed by atoms with van der Waals surface area (Å²) >= 11 is 0. The van der Waals surface area contributed by atoms with Gasteiger partial charge in [-0.1, -0.05) is 47.7 Å². The van der Waals surface area contributed by atoms with E-state index < -0.39 is 5.91 Å². The smallest absolute Gasteiger partial charge is 0.294 e. The SMILES string of the molecule is C/C(=N\NC(=O)c1nnn(-c2nonc2N)c1-c1ccccc1)c1ccc(F)cc1. The Labute approximate surface area is 169 Å². The lowest BCUT2D eigenvalue weighted by atomic mass is 10.1. The molecule has 4 aromatic rings. The van der Waals surface area contributed by atoms with Gasteiger partial charge in [0.05, 0.1) is 5.71 Å². The third-order valence-electron chi connectivity index (χ3n) is 4.22. The normalized spacial score (nSPS) is 11.5. The molecule has 10 nitrogen and oxygen atoms in total. The van der Waals surface area contributed by atoms with Crippen LogP contribution in [0.4, 0.5) is 10.2 Å². The van der Waals surface area contributed by atoms with Crippen molar-refractivity contribution in [3.05, 3.63) is 71.7 Å². The molecule has 0 unspecified atom stereocenters. The summed E-state index contributed by atoms with van der Waals surface area (Å²) in [6.07, 6.45) is 0. The van der Waals surface area contributed by atoms with Gasteiger partial charge in [-0.05, 0) is 34.9 Å². The number of aromatic nitrogens is 5. The van der Waals surface area contributed by atoms with Gasteiger partial charge in [0, 0.05) is 5.56 Å². The van der Waals surface area contributed by atoms with Crippen LogP contribution < -0.4 is 11.2 Å². The van der Waals surface area contributed by atoms with Crippen molar-refractivity contribution < 1.29 is 13.8 Å². The minimum Gasteiger partial charge on any atom is -0.378 e. The second-order valence-corrected chi connectivity index (χ2v) is 6.18. The van der Waals surface area contributed by atoms with Gasteiger partial charge in [0.1, 0.15) is 11.5 Å². The van der Waals surface area contributed by atoms with Gasteiger partial charge in [0.2, 0.25) is 11.6 Å². The molecule has 0 aliphatic carbocycles. The van der Waals surface area contributed by atoms with Crippen LogP contribution >= 0.6 is 0 Å². The van der Waals surface area contributed by atoms with E-state index in [0.717, 1.165) is 0 Å². The zero-order valence-electron chi connectivity index (χ0n) is 15.7. The Balaban J connectivity index is 1.69. The molecular weight excluding hydrogens is 391 g/mol. The van der Waals surface area contributed by atoms with Crippen LogP contribution in [-0.4, -0.2) is 36.9 Å². The third-order valence-corrected chi connectivity index (χ3v) is 4.22. The minimum absolute atomic E-state index is 0.000689.